The molecule has 1 heterocycles. The van der Waals surface area contributed by atoms with Crippen LogP contribution in [0.15, 0.2) is 0 Å². The molecule has 3 amide bonds. The highest BCUT2D eigenvalue weighted by atomic mass is 16.4. The number of hydrogen-bond donors (Lipinski definition) is 3. The summed E-state index contributed by atoms with van der Waals surface area (Å²) in [4.78, 5) is 35.0. The maximum atomic E-state index is 12.0. The molecule has 0 aromatic heterocycles. The van der Waals surface area contributed by atoms with Crippen LogP contribution in [0.1, 0.15) is 39.0 Å². The number of aliphatic carboxylic acids is 1. The van der Waals surface area contributed by atoms with Gasteiger partial charge in [-0.15, -0.1) is 0 Å². The van der Waals surface area contributed by atoms with Crippen molar-refractivity contribution >= 4 is 17.9 Å². The smallest absolute Gasteiger partial charge is 0.317 e. The van der Waals surface area contributed by atoms with Gasteiger partial charge in [0.1, 0.15) is 0 Å². The van der Waals surface area contributed by atoms with E-state index in [9.17, 15) is 14.4 Å². The Balaban J connectivity index is 2.21. The van der Waals surface area contributed by atoms with Gasteiger partial charge in [0.2, 0.25) is 5.91 Å². The van der Waals surface area contributed by atoms with Crippen LogP contribution in [0.25, 0.3) is 0 Å². The first-order chi connectivity index (χ1) is 9.88. The number of piperidine rings is 1. The van der Waals surface area contributed by atoms with E-state index >= 15 is 0 Å². The largest absolute Gasteiger partial charge is 0.481 e. The van der Waals surface area contributed by atoms with E-state index in [1.165, 1.54) is 0 Å². The fraction of sp³-hybridized carbons (Fsp3) is 0.786. The minimum Gasteiger partial charge on any atom is -0.481 e. The summed E-state index contributed by atoms with van der Waals surface area (Å²) in [6.07, 6.45) is 2.66. The standard InChI is InChI=1S/C14H25N3O4/c1-10(2-3-13(19)20)9-16-14(21)17-6-4-11(5-7-17)8-12(15)18/h10-11H,2-9H2,1H3,(H2,15,18)(H,16,21)(H,19,20). The van der Waals surface area contributed by atoms with E-state index in [0.29, 0.717) is 32.5 Å². The van der Waals surface area contributed by atoms with E-state index in [1.54, 1.807) is 4.90 Å². The number of nitrogens with one attached hydrogen (secondary N) is 1. The molecule has 0 spiro atoms. The van der Waals surface area contributed by atoms with Crippen molar-refractivity contribution in [1.29, 1.82) is 0 Å². The van der Waals surface area contributed by atoms with Crippen molar-refractivity contribution in [2.45, 2.75) is 39.0 Å². The predicted octanol–water partition coefficient (Wildman–Crippen LogP) is 0.784. The number of nitrogens with two attached hydrogens (primary N) is 1. The molecule has 1 unspecified atom stereocenters. The second-order valence-electron chi connectivity index (χ2n) is 5.82. The second-order valence-corrected chi connectivity index (χ2v) is 5.82. The lowest BCUT2D eigenvalue weighted by Gasteiger charge is -2.31. The number of carboxylic acid groups (broad SMARTS) is 1. The zero-order valence-electron chi connectivity index (χ0n) is 12.5. The van der Waals surface area contributed by atoms with Crippen LogP contribution in [0.5, 0.6) is 0 Å². The highest BCUT2D eigenvalue weighted by Gasteiger charge is 2.23. The molecule has 7 nitrogen and oxygen atoms in total. The SMILES string of the molecule is CC(CCC(=O)O)CNC(=O)N1CCC(CC(N)=O)CC1. The van der Waals surface area contributed by atoms with Crippen molar-refractivity contribution in [2.24, 2.45) is 17.6 Å². The quantitative estimate of drug-likeness (QED) is 0.644. The van der Waals surface area contributed by atoms with E-state index in [4.69, 9.17) is 10.8 Å². The number of primary amides is 1. The Hall–Kier alpha value is -1.79. The molecule has 0 saturated carbocycles. The van der Waals surface area contributed by atoms with E-state index in [2.05, 4.69) is 5.32 Å². The normalized spacial score (nSPS) is 17.3. The van der Waals surface area contributed by atoms with Crippen LogP contribution < -0.4 is 11.1 Å². The van der Waals surface area contributed by atoms with Crippen LogP contribution in [0.3, 0.4) is 0 Å². The summed E-state index contributed by atoms with van der Waals surface area (Å²) in [5.74, 6) is -0.687. The molecule has 0 aromatic rings. The molecule has 1 saturated heterocycles. The average Bonchev–Trinajstić information content (AvgIpc) is 2.42. The molecule has 4 N–H and O–H groups in total. The molecule has 0 bridgehead atoms. The highest BCUT2D eigenvalue weighted by Crippen LogP contribution is 2.20. The molecule has 1 fully saturated rings. The lowest BCUT2D eigenvalue weighted by atomic mass is 9.93. The van der Waals surface area contributed by atoms with Crippen molar-refractivity contribution in [3.05, 3.63) is 0 Å². The van der Waals surface area contributed by atoms with Crippen molar-refractivity contribution in [3.63, 3.8) is 0 Å². The topological polar surface area (TPSA) is 113 Å². The van der Waals surface area contributed by atoms with Gasteiger partial charge in [-0.25, -0.2) is 4.79 Å². The van der Waals surface area contributed by atoms with Gasteiger partial charge in [-0.1, -0.05) is 6.92 Å². The van der Waals surface area contributed by atoms with Gasteiger partial charge in [-0.05, 0) is 31.1 Å². The molecule has 1 aliphatic rings. The summed E-state index contributed by atoms with van der Waals surface area (Å²) in [5, 5.41) is 11.4. The number of amides is 3. The number of carbonyl (C=O) groups is 3. The number of nitrogens with zero attached hydrogens (tertiary/aromatic N) is 1. The summed E-state index contributed by atoms with van der Waals surface area (Å²) < 4.78 is 0. The van der Waals surface area contributed by atoms with Crippen molar-refractivity contribution < 1.29 is 19.5 Å². The minimum atomic E-state index is -0.815. The van der Waals surface area contributed by atoms with Gasteiger partial charge in [-0.3, -0.25) is 9.59 Å². The van der Waals surface area contributed by atoms with Gasteiger partial charge in [-0.2, -0.15) is 0 Å². The van der Waals surface area contributed by atoms with Gasteiger partial charge in [0.15, 0.2) is 0 Å². The first-order valence-corrected chi connectivity index (χ1v) is 7.41. The molecule has 1 rings (SSSR count). The lowest BCUT2D eigenvalue weighted by Crippen LogP contribution is -2.45. The second kappa shape index (κ2) is 8.49. The van der Waals surface area contributed by atoms with E-state index < -0.39 is 5.97 Å². The third-order valence-electron chi connectivity index (χ3n) is 3.84. The van der Waals surface area contributed by atoms with Gasteiger partial charge < -0.3 is 21.1 Å². The molecule has 0 aromatic carbocycles. The molecular weight excluding hydrogens is 274 g/mol. The average molecular weight is 299 g/mol. The molecule has 0 aliphatic carbocycles. The Morgan fingerprint density at radius 2 is 1.95 bits per heavy atom. The summed E-state index contributed by atoms with van der Waals surface area (Å²) in [6, 6.07) is -0.116. The number of likely N-dealkylation sites (tertiary alicyclic amines) is 1. The fourth-order valence-corrected chi connectivity index (χ4v) is 2.47. The number of urea groups is 1. The molecule has 1 atom stereocenters. The van der Waals surface area contributed by atoms with Gasteiger partial charge in [0.05, 0.1) is 0 Å². The van der Waals surface area contributed by atoms with E-state index in [0.717, 1.165) is 12.8 Å². The van der Waals surface area contributed by atoms with Crippen LogP contribution in [0.2, 0.25) is 0 Å². The van der Waals surface area contributed by atoms with Gasteiger partial charge in [0, 0.05) is 32.5 Å². The van der Waals surface area contributed by atoms with Gasteiger partial charge >= 0.3 is 12.0 Å². The maximum Gasteiger partial charge on any atom is 0.317 e. The number of carbonyl (C=O) groups excluding carboxylic acids is 2. The number of hydrogen-bond acceptors (Lipinski definition) is 3. The zero-order chi connectivity index (χ0) is 15.8. The van der Waals surface area contributed by atoms with Crippen molar-refractivity contribution in [3.8, 4) is 0 Å². The predicted molar refractivity (Wildman–Crippen MR) is 77.5 cm³/mol. The number of carboxylic acids is 1. The number of rotatable bonds is 7. The monoisotopic (exact) mass is 299 g/mol. The molecule has 0 radical (unpaired) electrons. The van der Waals surface area contributed by atoms with Crippen LogP contribution in [-0.2, 0) is 9.59 Å². The van der Waals surface area contributed by atoms with Crippen LogP contribution in [0.4, 0.5) is 4.79 Å². The Kier molecular flexibility index (Phi) is 6.98. The van der Waals surface area contributed by atoms with Gasteiger partial charge in [0.25, 0.3) is 0 Å². The third-order valence-corrected chi connectivity index (χ3v) is 3.84. The zero-order valence-corrected chi connectivity index (χ0v) is 12.5. The Bertz CT molecular complexity index is 378. The van der Waals surface area contributed by atoms with Crippen LogP contribution in [0, 0.1) is 11.8 Å². The van der Waals surface area contributed by atoms with Crippen molar-refractivity contribution in [2.75, 3.05) is 19.6 Å². The minimum absolute atomic E-state index is 0.116. The lowest BCUT2D eigenvalue weighted by molar-refractivity contribution is -0.137. The Morgan fingerprint density at radius 3 is 2.48 bits per heavy atom. The highest BCUT2D eigenvalue weighted by molar-refractivity contribution is 5.75. The first kappa shape index (κ1) is 17.3. The van der Waals surface area contributed by atoms with Crippen LogP contribution in [-0.4, -0.2) is 47.5 Å². The molecule has 120 valence electrons. The van der Waals surface area contributed by atoms with E-state index in [-0.39, 0.29) is 30.2 Å². The first-order valence-electron chi connectivity index (χ1n) is 7.41. The fourth-order valence-electron chi connectivity index (χ4n) is 2.47. The summed E-state index contributed by atoms with van der Waals surface area (Å²) in [7, 11) is 0. The van der Waals surface area contributed by atoms with Crippen molar-refractivity contribution in [1.82, 2.24) is 10.2 Å². The summed E-state index contributed by atoms with van der Waals surface area (Å²) in [6.45, 7) is 3.66. The summed E-state index contributed by atoms with van der Waals surface area (Å²) >= 11 is 0. The summed E-state index contributed by atoms with van der Waals surface area (Å²) in [5.41, 5.74) is 5.17. The Morgan fingerprint density at radius 1 is 1.33 bits per heavy atom. The molecule has 21 heavy (non-hydrogen) atoms. The Labute approximate surface area is 124 Å². The van der Waals surface area contributed by atoms with E-state index in [1.807, 2.05) is 6.92 Å². The third kappa shape index (κ3) is 6.97. The molecule has 7 heteroatoms. The molecular formula is C14H25N3O4. The molecule has 1 aliphatic heterocycles. The maximum absolute atomic E-state index is 12.0. The van der Waals surface area contributed by atoms with Crippen LogP contribution >= 0.6 is 0 Å².